The number of halogens is 1. The van der Waals surface area contributed by atoms with Crippen molar-refractivity contribution in [2.45, 2.75) is 25.7 Å². The Hall–Kier alpha value is -5.51. The summed E-state index contributed by atoms with van der Waals surface area (Å²) in [5, 5.41) is 19.4. The van der Waals surface area contributed by atoms with Crippen LogP contribution in [0.1, 0.15) is 31.2 Å². The number of amides is 2. The summed E-state index contributed by atoms with van der Waals surface area (Å²) < 4.78 is 14.6. The van der Waals surface area contributed by atoms with Gasteiger partial charge in [0.2, 0.25) is 11.8 Å². The molecule has 3 aromatic rings. The molecule has 0 radical (unpaired) electrons. The van der Waals surface area contributed by atoms with Gasteiger partial charge < -0.3 is 10.0 Å². The molecule has 4 aliphatic rings. The van der Waals surface area contributed by atoms with Crippen molar-refractivity contribution in [2.75, 3.05) is 23.9 Å². The molecule has 0 aromatic heterocycles. The van der Waals surface area contributed by atoms with E-state index in [2.05, 4.69) is 10.2 Å². The minimum Gasteiger partial charge on any atom is -0.505 e. The standard InChI is InChI=1S/C37H31FN4O5/c1-19-17-30(43)33-28(34(19)44)18-27-24(31(33)25-5-4-6-29(38)35(25)45)15-16-26-32(27)37(47)42(36(26)46)23-13-9-21(10-14-23)40-39-20-7-11-22(12-8-20)41(2)3/h4-15,17,26-27,31-32,45H,16,18H2,1-3H3. The van der Waals surface area contributed by atoms with E-state index in [9.17, 15) is 28.7 Å². The minimum absolute atomic E-state index is 0.0897. The first-order valence-corrected chi connectivity index (χ1v) is 15.4. The van der Waals surface area contributed by atoms with Gasteiger partial charge in [0.1, 0.15) is 0 Å². The Kier molecular flexibility index (Phi) is 7.30. The normalized spacial score (nSPS) is 23.9. The van der Waals surface area contributed by atoms with Gasteiger partial charge in [-0.15, -0.1) is 0 Å². The van der Waals surface area contributed by atoms with Crippen molar-refractivity contribution in [3.8, 4) is 5.75 Å². The van der Waals surface area contributed by atoms with E-state index in [1.165, 1.54) is 23.1 Å². The van der Waals surface area contributed by atoms with Crippen LogP contribution in [0.5, 0.6) is 5.75 Å². The van der Waals surface area contributed by atoms with E-state index in [-0.39, 0.29) is 52.6 Å². The summed E-state index contributed by atoms with van der Waals surface area (Å²) in [6, 6.07) is 18.3. The molecular weight excluding hydrogens is 599 g/mol. The molecule has 7 rings (SSSR count). The maximum atomic E-state index is 14.6. The topological polar surface area (TPSA) is 120 Å². The number of anilines is 2. The Morgan fingerprint density at radius 1 is 0.872 bits per heavy atom. The highest BCUT2D eigenvalue weighted by molar-refractivity contribution is 6.25. The molecule has 1 N–H and O–H groups in total. The molecule has 0 bridgehead atoms. The number of Topliss-reactive ketones (excluding diaryl/α,β-unsaturated/α-hetero) is 1. The molecule has 10 heteroatoms. The molecule has 47 heavy (non-hydrogen) atoms. The highest BCUT2D eigenvalue weighted by Gasteiger charge is 2.56. The summed E-state index contributed by atoms with van der Waals surface area (Å²) in [7, 11) is 3.91. The Morgan fingerprint density at radius 2 is 1.53 bits per heavy atom. The fourth-order valence-corrected chi connectivity index (χ4v) is 7.36. The predicted octanol–water partition coefficient (Wildman–Crippen LogP) is 6.65. The van der Waals surface area contributed by atoms with Crippen LogP contribution in [0.3, 0.4) is 0 Å². The van der Waals surface area contributed by atoms with Crippen LogP contribution in [-0.2, 0) is 19.2 Å². The van der Waals surface area contributed by atoms with Gasteiger partial charge in [-0.1, -0.05) is 23.8 Å². The van der Waals surface area contributed by atoms with Crippen LogP contribution >= 0.6 is 0 Å². The van der Waals surface area contributed by atoms with Crippen molar-refractivity contribution in [3.05, 3.63) is 113 Å². The number of imide groups is 1. The third kappa shape index (κ3) is 4.91. The lowest BCUT2D eigenvalue weighted by atomic mass is 9.59. The van der Waals surface area contributed by atoms with Crippen molar-refractivity contribution >= 4 is 46.1 Å². The van der Waals surface area contributed by atoms with Gasteiger partial charge in [0.15, 0.2) is 23.1 Å². The molecule has 3 aromatic carbocycles. The Labute approximate surface area is 270 Å². The lowest BCUT2D eigenvalue weighted by molar-refractivity contribution is -0.123. The second kappa shape index (κ2) is 11.4. The van der Waals surface area contributed by atoms with E-state index in [0.717, 1.165) is 11.8 Å². The van der Waals surface area contributed by atoms with Crippen LogP contribution in [-0.4, -0.2) is 42.6 Å². The van der Waals surface area contributed by atoms with Crippen LogP contribution < -0.4 is 9.80 Å². The zero-order valence-electron chi connectivity index (χ0n) is 26.0. The maximum absolute atomic E-state index is 14.6. The number of phenols is 1. The third-order valence-electron chi connectivity index (χ3n) is 9.65. The quantitative estimate of drug-likeness (QED) is 0.146. The lowest BCUT2D eigenvalue weighted by Gasteiger charge is -2.42. The molecule has 9 nitrogen and oxygen atoms in total. The first-order chi connectivity index (χ1) is 22.5. The first kappa shape index (κ1) is 30.2. The number of carbonyl (C=O) groups excluding carboxylic acids is 4. The number of aromatic hydroxyl groups is 1. The second-order valence-electron chi connectivity index (χ2n) is 12.5. The van der Waals surface area contributed by atoms with Gasteiger partial charge in [0, 0.05) is 48.0 Å². The summed E-state index contributed by atoms with van der Waals surface area (Å²) in [6.07, 6.45) is 3.42. The number of carbonyl (C=O) groups is 4. The number of hydrogen-bond acceptors (Lipinski definition) is 8. The highest BCUT2D eigenvalue weighted by Crippen LogP contribution is 2.56. The predicted molar refractivity (Wildman–Crippen MR) is 173 cm³/mol. The van der Waals surface area contributed by atoms with Gasteiger partial charge in [-0.25, -0.2) is 4.39 Å². The number of hydrogen-bond donors (Lipinski definition) is 1. The fourth-order valence-electron chi connectivity index (χ4n) is 7.36. The van der Waals surface area contributed by atoms with Crippen molar-refractivity contribution in [3.63, 3.8) is 0 Å². The fraction of sp³-hybridized carbons (Fsp3) is 0.243. The van der Waals surface area contributed by atoms with Crippen molar-refractivity contribution in [1.82, 2.24) is 0 Å². The number of benzene rings is 3. The van der Waals surface area contributed by atoms with E-state index < -0.39 is 41.1 Å². The Balaban J connectivity index is 1.20. The molecule has 4 unspecified atom stereocenters. The smallest absolute Gasteiger partial charge is 0.238 e. The van der Waals surface area contributed by atoms with Gasteiger partial charge >= 0.3 is 0 Å². The van der Waals surface area contributed by atoms with E-state index in [0.29, 0.717) is 22.6 Å². The van der Waals surface area contributed by atoms with Crippen LogP contribution in [0.2, 0.25) is 0 Å². The van der Waals surface area contributed by atoms with E-state index in [1.807, 2.05) is 49.3 Å². The van der Waals surface area contributed by atoms with Gasteiger partial charge in [-0.2, -0.15) is 10.2 Å². The van der Waals surface area contributed by atoms with Gasteiger partial charge in [0.05, 0.1) is 28.9 Å². The maximum Gasteiger partial charge on any atom is 0.238 e. The average Bonchev–Trinajstić information content (AvgIpc) is 3.32. The largest absolute Gasteiger partial charge is 0.505 e. The summed E-state index contributed by atoms with van der Waals surface area (Å²) >= 11 is 0. The number of para-hydroxylation sites is 1. The molecular formula is C37H31FN4O5. The summed E-state index contributed by atoms with van der Waals surface area (Å²) in [5.41, 5.74) is 4.14. The van der Waals surface area contributed by atoms with Crippen LogP contribution in [0.25, 0.3) is 0 Å². The lowest BCUT2D eigenvalue weighted by Crippen LogP contribution is -2.39. The zero-order chi connectivity index (χ0) is 33.1. The first-order valence-electron chi connectivity index (χ1n) is 15.4. The number of phenolic OH excluding ortho intramolecular Hbond substituents is 1. The number of ketones is 2. The Morgan fingerprint density at radius 3 is 2.19 bits per heavy atom. The number of fused-ring (bicyclic) bond motifs is 3. The molecule has 0 spiro atoms. The highest BCUT2D eigenvalue weighted by atomic mass is 19.1. The Bertz CT molecular complexity index is 1990. The van der Waals surface area contributed by atoms with E-state index >= 15 is 0 Å². The molecule has 0 saturated carbocycles. The van der Waals surface area contributed by atoms with Crippen LogP contribution in [0.15, 0.2) is 111 Å². The molecule has 3 aliphatic carbocycles. The van der Waals surface area contributed by atoms with Gasteiger partial charge in [0.25, 0.3) is 0 Å². The zero-order valence-corrected chi connectivity index (χ0v) is 26.0. The number of allylic oxidation sites excluding steroid dienone is 6. The van der Waals surface area contributed by atoms with E-state index in [1.54, 1.807) is 31.2 Å². The molecule has 1 saturated heterocycles. The average molecular weight is 631 g/mol. The van der Waals surface area contributed by atoms with E-state index in [4.69, 9.17) is 0 Å². The molecule has 236 valence electrons. The third-order valence-corrected chi connectivity index (χ3v) is 9.65. The summed E-state index contributed by atoms with van der Waals surface area (Å²) in [5.74, 6) is -5.93. The van der Waals surface area contributed by atoms with Gasteiger partial charge in [-0.05, 0) is 86.4 Å². The molecule has 2 amide bonds. The molecule has 1 fully saturated rings. The molecule has 4 atom stereocenters. The molecule has 1 aliphatic heterocycles. The monoisotopic (exact) mass is 630 g/mol. The van der Waals surface area contributed by atoms with Crippen molar-refractivity contribution < 1.29 is 28.7 Å². The summed E-state index contributed by atoms with van der Waals surface area (Å²) in [6.45, 7) is 1.56. The van der Waals surface area contributed by atoms with Crippen molar-refractivity contribution in [2.24, 2.45) is 28.0 Å². The number of rotatable bonds is 5. The SMILES string of the molecule is CC1=CC(=O)C2=C(CC3C(=CCC4C(=O)N(c5ccc(N=Nc6ccc(N(C)C)cc6)cc5)C(=O)C43)C2c2cccc(F)c2O)C1=O. The van der Waals surface area contributed by atoms with Gasteiger partial charge in [-0.3, -0.25) is 24.1 Å². The number of azo groups is 1. The van der Waals surface area contributed by atoms with Crippen LogP contribution in [0.4, 0.5) is 27.1 Å². The second-order valence-corrected chi connectivity index (χ2v) is 12.5. The molecule has 1 heterocycles. The van der Waals surface area contributed by atoms with Crippen molar-refractivity contribution in [1.29, 1.82) is 0 Å². The van der Waals surface area contributed by atoms with Crippen LogP contribution in [0, 0.1) is 23.6 Å². The summed E-state index contributed by atoms with van der Waals surface area (Å²) in [4.78, 5) is 57.9. The minimum atomic E-state index is -0.929. The number of nitrogens with zero attached hydrogens (tertiary/aromatic N) is 4.